The maximum Gasteiger partial charge on any atom is 0.240 e. The van der Waals surface area contributed by atoms with Crippen molar-refractivity contribution in [3.05, 3.63) is 58.1 Å². The fourth-order valence-electron chi connectivity index (χ4n) is 2.32. The minimum absolute atomic E-state index is 0.142. The van der Waals surface area contributed by atoms with E-state index in [2.05, 4.69) is 5.32 Å². The van der Waals surface area contributed by atoms with E-state index in [4.69, 9.17) is 27.9 Å². The lowest BCUT2D eigenvalue weighted by atomic mass is 10.2. The van der Waals surface area contributed by atoms with E-state index in [1.54, 1.807) is 0 Å². The Hall–Kier alpha value is -1.96. The molecule has 0 fully saturated rings. The van der Waals surface area contributed by atoms with Crippen LogP contribution in [-0.2, 0) is 14.8 Å². The summed E-state index contributed by atoms with van der Waals surface area (Å²) in [6.07, 6.45) is 1.01. The molecule has 0 saturated heterocycles. The fraction of sp³-hybridized carbons (Fsp3) is 0.278. The van der Waals surface area contributed by atoms with Crippen LogP contribution in [0.15, 0.2) is 42.5 Å². The van der Waals surface area contributed by atoms with Gasteiger partial charge in [-0.05, 0) is 42.8 Å². The highest BCUT2D eigenvalue weighted by atomic mass is 35.5. The zero-order chi connectivity index (χ0) is 20.0. The fourth-order valence-corrected chi connectivity index (χ4v) is 3.74. The molecular formula is C18H20Cl2N2O4S. The summed E-state index contributed by atoms with van der Waals surface area (Å²) in [6.45, 7) is 2.05. The number of hydrogen-bond acceptors (Lipinski definition) is 4. The summed E-state index contributed by atoms with van der Waals surface area (Å²) < 4.78 is 30.6. The monoisotopic (exact) mass is 430 g/mol. The number of ether oxygens (including phenoxy) is 1. The van der Waals surface area contributed by atoms with Crippen LogP contribution in [0.2, 0.25) is 10.0 Å². The molecule has 6 nitrogen and oxygen atoms in total. The number of sulfonamides is 1. The van der Waals surface area contributed by atoms with Gasteiger partial charge in [0.15, 0.2) is 0 Å². The lowest BCUT2D eigenvalue weighted by molar-refractivity contribution is -0.119. The molecule has 2 aromatic carbocycles. The molecule has 0 spiro atoms. The number of carbonyl (C=O) groups excluding carboxylic acids is 1. The number of benzene rings is 2. The first-order chi connectivity index (χ1) is 12.7. The highest BCUT2D eigenvalue weighted by Gasteiger charge is 2.23. The van der Waals surface area contributed by atoms with Gasteiger partial charge >= 0.3 is 0 Å². The third-order valence-corrected chi connectivity index (χ3v) is 5.21. The van der Waals surface area contributed by atoms with Gasteiger partial charge in [0.05, 0.1) is 23.5 Å². The van der Waals surface area contributed by atoms with Crippen LogP contribution in [0, 0.1) is 6.92 Å². The molecule has 0 aromatic heterocycles. The van der Waals surface area contributed by atoms with Crippen LogP contribution in [-0.4, -0.2) is 40.3 Å². The van der Waals surface area contributed by atoms with Crippen molar-refractivity contribution in [3.63, 3.8) is 0 Å². The molecule has 2 aromatic rings. The molecule has 0 atom stereocenters. The number of carbonyl (C=O) groups is 1. The molecule has 27 heavy (non-hydrogen) atoms. The van der Waals surface area contributed by atoms with Crippen LogP contribution in [0.4, 0.5) is 5.69 Å². The number of amides is 1. The van der Waals surface area contributed by atoms with Crippen molar-refractivity contribution >= 4 is 44.8 Å². The second-order valence-electron chi connectivity index (χ2n) is 5.88. The normalized spacial score (nSPS) is 11.1. The van der Waals surface area contributed by atoms with Crippen LogP contribution < -0.4 is 14.4 Å². The molecule has 0 bridgehead atoms. The summed E-state index contributed by atoms with van der Waals surface area (Å²) in [4.78, 5) is 12.2. The van der Waals surface area contributed by atoms with Crippen molar-refractivity contribution in [2.45, 2.75) is 6.92 Å². The molecule has 0 aliphatic heterocycles. The van der Waals surface area contributed by atoms with Crippen LogP contribution in [0.1, 0.15) is 5.56 Å². The molecule has 1 amide bonds. The molecule has 2 rings (SSSR count). The molecule has 0 saturated carbocycles. The van der Waals surface area contributed by atoms with Gasteiger partial charge in [-0.25, -0.2) is 8.42 Å². The van der Waals surface area contributed by atoms with E-state index in [9.17, 15) is 13.2 Å². The summed E-state index contributed by atoms with van der Waals surface area (Å²) in [6, 6.07) is 11.9. The van der Waals surface area contributed by atoms with E-state index in [-0.39, 0.29) is 23.9 Å². The van der Waals surface area contributed by atoms with Gasteiger partial charge in [-0.2, -0.15) is 0 Å². The first kappa shape index (κ1) is 21.3. The van der Waals surface area contributed by atoms with Crippen molar-refractivity contribution in [1.82, 2.24) is 5.32 Å². The molecule has 0 radical (unpaired) electrons. The number of rotatable bonds is 8. The third kappa shape index (κ3) is 6.61. The van der Waals surface area contributed by atoms with Gasteiger partial charge in [0.2, 0.25) is 15.9 Å². The summed E-state index contributed by atoms with van der Waals surface area (Å²) in [5.74, 6) is 0.231. The van der Waals surface area contributed by atoms with Crippen molar-refractivity contribution < 1.29 is 17.9 Å². The average Bonchev–Trinajstić information content (AvgIpc) is 2.56. The van der Waals surface area contributed by atoms with E-state index < -0.39 is 22.5 Å². The highest BCUT2D eigenvalue weighted by molar-refractivity contribution is 7.92. The summed E-state index contributed by atoms with van der Waals surface area (Å²) >= 11 is 11.9. The Morgan fingerprint density at radius 2 is 1.93 bits per heavy atom. The Kier molecular flexibility index (Phi) is 7.35. The van der Waals surface area contributed by atoms with Crippen LogP contribution >= 0.6 is 23.2 Å². The first-order valence-corrected chi connectivity index (χ1v) is 10.7. The lowest BCUT2D eigenvalue weighted by Gasteiger charge is -2.23. The molecule has 0 heterocycles. The van der Waals surface area contributed by atoms with Gasteiger partial charge in [-0.15, -0.1) is 0 Å². The van der Waals surface area contributed by atoms with Crippen LogP contribution in [0.3, 0.4) is 0 Å². The van der Waals surface area contributed by atoms with Crippen LogP contribution in [0.5, 0.6) is 5.75 Å². The number of nitrogens with one attached hydrogen (secondary N) is 1. The zero-order valence-electron chi connectivity index (χ0n) is 14.9. The quantitative estimate of drug-likeness (QED) is 0.651. The number of anilines is 1. The Bertz CT molecular complexity index is 919. The van der Waals surface area contributed by atoms with Gasteiger partial charge in [0.25, 0.3) is 0 Å². The predicted molar refractivity (Wildman–Crippen MR) is 108 cm³/mol. The highest BCUT2D eigenvalue weighted by Crippen LogP contribution is 2.30. The number of aryl methyl sites for hydroxylation is 1. The Morgan fingerprint density at radius 3 is 2.56 bits per heavy atom. The SMILES string of the molecule is Cc1cccc(OCCNC(=O)CN(c2ccc(Cl)cc2Cl)S(C)(=O)=O)c1. The molecule has 146 valence electrons. The molecule has 0 aliphatic rings. The lowest BCUT2D eigenvalue weighted by Crippen LogP contribution is -2.41. The molecule has 1 N–H and O–H groups in total. The van der Waals surface area contributed by atoms with E-state index in [0.717, 1.165) is 16.1 Å². The molecular weight excluding hydrogens is 411 g/mol. The van der Waals surface area contributed by atoms with Crippen molar-refractivity contribution in [2.24, 2.45) is 0 Å². The number of nitrogens with zero attached hydrogens (tertiary/aromatic N) is 1. The number of halogens is 2. The minimum atomic E-state index is -3.71. The molecule has 9 heteroatoms. The van der Waals surface area contributed by atoms with E-state index in [1.807, 2.05) is 31.2 Å². The largest absolute Gasteiger partial charge is 0.492 e. The van der Waals surface area contributed by atoms with E-state index in [0.29, 0.717) is 10.8 Å². The maximum absolute atomic E-state index is 12.2. The molecule has 0 aliphatic carbocycles. The van der Waals surface area contributed by atoms with Crippen molar-refractivity contribution in [2.75, 3.05) is 30.3 Å². The predicted octanol–water partition coefficient (Wildman–Crippen LogP) is 3.26. The summed E-state index contributed by atoms with van der Waals surface area (Å²) in [7, 11) is -3.71. The smallest absolute Gasteiger partial charge is 0.240 e. The van der Waals surface area contributed by atoms with Gasteiger partial charge in [0.1, 0.15) is 18.9 Å². The molecule has 0 unspecified atom stereocenters. The Labute approximate surface area is 169 Å². The zero-order valence-corrected chi connectivity index (χ0v) is 17.2. The van der Waals surface area contributed by atoms with E-state index >= 15 is 0 Å². The van der Waals surface area contributed by atoms with Crippen LogP contribution in [0.25, 0.3) is 0 Å². The topological polar surface area (TPSA) is 75.7 Å². The van der Waals surface area contributed by atoms with Gasteiger partial charge in [-0.1, -0.05) is 35.3 Å². The van der Waals surface area contributed by atoms with Gasteiger partial charge in [-0.3, -0.25) is 9.10 Å². The summed E-state index contributed by atoms with van der Waals surface area (Å²) in [5, 5.41) is 3.14. The second kappa shape index (κ2) is 9.30. The van der Waals surface area contributed by atoms with E-state index in [1.165, 1.54) is 18.2 Å². The second-order valence-corrected chi connectivity index (χ2v) is 8.63. The standard InChI is InChI=1S/C18H20Cl2N2O4S/c1-13-4-3-5-15(10-13)26-9-8-21-18(23)12-22(27(2,24)25)17-7-6-14(19)11-16(17)20/h3-7,10-11H,8-9,12H2,1-2H3,(H,21,23). The maximum atomic E-state index is 12.2. The van der Waals surface area contributed by atoms with Gasteiger partial charge < -0.3 is 10.1 Å². The third-order valence-electron chi connectivity index (χ3n) is 3.55. The first-order valence-electron chi connectivity index (χ1n) is 8.06. The Morgan fingerprint density at radius 1 is 1.19 bits per heavy atom. The Balaban J connectivity index is 1.94. The number of hydrogen-bond donors (Lipinski definition) is 1. The van der Waals surface area contributed by atoms with Crippen molar-refractivity contribution in [1.29, 1.82) is 0 Å². The van der Waals surface area contributed by atoms with Gasteiger partial charge in [0, 0.05) is 5.02 Å². The minimum Gasteiger partial charge on any atom is -0.492 e. The van der Waals surface area contributed by atoms with Crippen molar-refractivity contribution in [3.8, 4) is 5.75 Å². The summed E-state index contributed by atoms with van der Waals surface area (Å²) in [5.41, 5.74) is 1.26. The average molecular weight is 431 g/mol.